The van der Waals surface area contributed by atoms with Crippen molar-refractivity contribution in [3.8, 4) is 5.00 Å². The molecule has 0 bridgehead atoms. The summed E-state index contributed by atoms with van der Waals surface area (Å²) in [6.45, 7) is 12.3. The van der Waals surface area contributed by atoms with Crippen LogP contribution in [0, 0.1) is 20.8 Å². The quantitative estimate of drug-likeness (QED) is 0.525. The molecule has 3 aromatic rings. The van der Waals surface area contributed by atoms with Gasteiger partial charge in [0.25, 0.3) is 0 Å². The molecule has 0 atom stereocenters. The number of hydrogen-bond donors (Lipinski definition) is 1. The van der Waals surface area contributed by atoms with Crippen molar-refractivity contribution in [3.05, 3.63) is 62.5 Å². The Balaban J connectivity index is 0.000000579. The molecule has 0 fully saturated rings. The zero-order chi connectivity index (χ0) is 22.8. The highest BCUT2D eigenvalue weighted by Crippen LogP contribution is 2.36. The Morgan fingerprint density at radius 1 is 1.10 bits per heavy atom. The molecule has 1 aliphatic heterocycles. The molecule has 0 amide bonds. The number of aliphatic hydroxyl groups excluding tert-OH is 1. The second-order valence-corrected chi connectivity index (χ2v) is 7.51. The molecule has 8 heteroatoms. The van der Waals surface area contributed by atoms with Gasteiger partial charge in [-0.15, -0.1) is 21.5 Å². The molecule has 3 heterocycles. The summed E-state index contributed by atoms with van der Waals surface area (Å²) >= 11 is 7.80. The van der Waals surface area contributed by atoms with Crippen LogP contribution in [0.1, 0.15) is 54.0 Å². The lowest BCUT2D eigenvalue weighted by molar-refractivity contribution is -0.106. The molecule has 4 rings (SSSR count). The van der Waals surface area contributed by atoms with Crippen LogP contribution >= 0.6 is 22.9 Å². The molecule has 1 aliphatic rings. The maximum absolute atomic E-state index is 8.81. The number of fused-ring (bicyclic) bond motifs is 3. The SMILES string of the molecule is CC.CC=O.CO.Cc1sc2c(c1C)C(c1ccc(Cl)cc1)=NCc1nnc(C)n1-2. The largest absolute Gasteiger partial charge is 0.400 e. The van der Waals surface area contributed by atoms with Crippen LogP contribution in [-0.4, -0.2) is 39.0 Å². The van der Waals surface area contributed by atoms with E-state index in [9.17, 15) is 0 Å². The molecule has 0 saturated carbocycles. The zero-order valence-electron chi connectivity index (χ0n) is 18.5. The van der Waals surface area contributed by atoms with E-state index in [1.807, 2.05) is 45.0 Å². The average Bonchev–Trinajstić information content (AvgIpc) is 3.20. The number of carbonyl (C=O) groups excluding carboxylic acids is 1. The highest BCUT2D eigenvalue weighted by Gasteiger charge is 2.26. The van der Waals surface area contributed by atoms with Crippen LogP contribution in [0.5, 0.6) is 0 Å². The summed E-state index contributed by atoms with van der Waals surface area (Å²) < 4.78 is 2.13. The molecular formula is C22H29ClN4O2S. The van der Waals surface area contributed by atoms with E-state index < -0.39 is 0 Å². The number of halogens is 1. The van der Waals surface area contributed by atoms with Crippen molar-refractivity contribution in [1.29, 1.82) is 0 Å². The summed E-state index contributed by atoms with van der Waals surface area (Å²) in [5.41, 5.74) is 4.52. The van der Waals surface area contributed by atoms with E-state index in [0.717, 1.165) is 46.3 Å². The van der Waals surface area contributed by atoms with Crippen LogP contribution in [-0.2, 0) is 11.3 Å². The second-order valence-electron chi connectivity index (χ2n) is 5.87. The number of carbonyl (C=O) groups is 1. The van der Waals surface area contributed by atoms with Crippen molar-refractivity contribution < 1.29 is 9.90 Å². The predicted molar refractivity (Wildman–Crippen MR) is 125 cm³/mol. The van der Waals surface area contributed by atoms with Crippen molar-refractivity contribution >= 4 is 34.9 Å². The third-order valence-electron chi connectivity index (χ3n) is 4.19. The number of benzene rings is 1. The van der Waals surface area contributed by atoms with E-state index in [0.29, 0.717) is 6.54 Å². The molecule has 162 valence electrons. The first kappa shape index (κ1) is 25.7. The van der Waals surface area contributed by atoms with Crippen molar-refractivity contribution in [3.63, 3.8) is 0 Å². The standard InChI is InChI=1S/C17H15ClN4S.C2H4O.C2H6.CH4O/c1-9-10(2)23-17-15(9)16(12-4-6-13(18)7-5-12)19-8-14-21-20-11(3)22(14)17;1-2-3;2*1-2/h4-7H,8H2,1-3H3;2H,1H3;1-2H3;2H,1H3. The monoisotopic (exact) mass is 448 g/mol. The highest BCUT2D eigenvalue weighted by atomic mass is 35.5. The van der Waals surface area contributed by atoms with Gasteiger partial charge in [-0.25, -0.2) is 0 Å². The predicted octanol–water partition coefficient (Wildman–Crippen LogP) is 5.10. The normalized spacial score (nSPS) is 11.0. The van der Waals surface area contributed by atoms with Gasteiger partial charge in [0.1, 0.15) is 23.7 Å². The first-order valence-corrected chi connectivity index (χ1v) is 10.8. The van der Waals surface area contributed by atoms with Gasteiger partial charge in [0, 0.05) is 28.1 Å². The van der Waals surface area contributed by atoms with Crippen LogP contribution in [0.15, 0.2) is 29.3 Å². The lowest BCUT2D eigenvalue weighted by atomic mass is 10.00. The van der Waals surface area contributed by atoms with Gasteiger partial charge in [-0.3, -0.25) is 9.56 Å². The van der Waals surface area contributed by atoms with Crippen LogP contribution in [0.4, 0.5) is 0 Å². The zero-order valence-corrected chi connectivity index (χ0v) is 20.1. The van der Waals surface area contributed by atoms with Crippen molar-refractivity contribution in [1.82, 2.24) is 14.8 Å². The van der Waals surface area contributed by atoms with Gasteiger partial charge in [0.2, 0.25) is 0 Å². The fraction of sp³-hybridized carbons (Fsp3) is 0.364. The number of aliphatic hydroxyl groups is 1. The summed E-state index contributed by atoms with van der Waals surface area (Å²) in [6, 6.07) is 7.86. The molecule has 0 unspecified atom stereocenters. The molecule has 0 radical (unpaired) electrons. The summed E-state index contributed by atoms with van der Waals surface area (Å²) in [5.74, 6) is 1.78. The van der Waals surface area contributed by atoms with Gasteiger partial charge in [-0.1, -0.05) is 37.6 Å². The minimum atomic E-state index is 0.526. The number of aryl methyl sites for hydroxylation is 2. The van der Waals surface area contributed by atoms with Crippen molar-refractivity contribution in [2.45, 2.75) is 48.1 Å². The molecule has 1 aromatic carbocycles. The maximum atomic E-state index is 8.81. The number of hydrogen-bond acceptors (Lipinski definition) is 6. The Labute approximate surface area is 187 Å². The van der Waals surface area contributed by atoms with E-state index in [1.165, 1.54) is 22.9 Å². The van der Waals surface area contributed by atoms with Gasteiger partial charge in [0.05, 0.1) is 5.71 Å². The summed E-state index contributed by atoms with van der Waals surface area (Å²) in [7, 11) is 1.00. The number of thiophene rings is 1. The second kappa shape index (κ2) is 12.4. The topological polar surface area (TPSA) is 80.4 Å². The third kappa shape index (κ3) is 5.41. The lowest BCUT2D eigenvalue weighted by Crippen LogP contribution is -2.07. The van der Waals surface area contributed by atoms with Crippen LogP contribution in [0.25, 0.3) is 5.00 Å². The van der Waals surface area contributed by atoms with Crippen LogP contribution in [0.2, 0.25) is 5.02 Å². The molecule has 30 heavy (non-hydrogen) atoms. The first-order valence-electron chi connectivity index (χ1n) is 9.64. The molecule has 2 aromatic heterocycles. The number of nitrogens with zero attached hydrogens (tertiary/aromatic N) is 4. The van der Waals surface area contributed by atoms with E-state index in [-0.39, 0.29) is 0 Å². The van der Waals surface area contributed by atoms with Crippen LogP contribution in [0.3, 0.4) is 0 Å². The minimum absolute atomic E-state index is 0.526. The van der Waals surface area contributed by atoms with E-state index in [4.69, 9.17) is 26.5 Å². The van der Waals surface area contributed by atoms with E-state index in [1.54, 1.807) is 11.3 Å². The van der Waals surface area contributed by atoms with Gasteiger partial charge < -0.3 is 9.90 Å². The van der Waals surface area contributed by atoms with Gasteiger partial charge in [0.15, 0.2) is 5.82 Å². The van der Waals surface area contributed by atoms with E-state index in [2.05, 4.69) is 28.6 Å². The Bertz CT molecular complexity index is 991. The molecule has 0 aliphatic carbocycles. The number of aldehydes is 1. The lowest BCUT2D eigenvalue weighted by Gasteiger charge is -2.09. The minimum Gasteiger partial charge on any atom is -0.400 e. The Kier molecular flexibility index (Phi) is 10.6. The average molecular weight is 449 g/mol. The summed E-state index contributed by atoms with van der Waals surface area (Å²) in [5, 5.41) is 17.4. The number of aliphatic imine (C=N–C) groups is 1. The fourth-order valence-corrected chi connectivity index (χ4v) is 4.24. The summed E-state index contributed by atoms with van der Waals surface area (Å²) in [6.07, 6.45) is 0.750. The Morgan fingerprint density at radius 2 is 1.67 bits per heavy atom. The molecule has 6 nitrogen and oxygen atoms in total. The smallest absolute Gasteiger partial charge is 0.160 e. The van der Waals surface area contributed by atoms with Crippen molar-refractivity contribution in [2.24, 2.45) is 4.99 Å². The molecule has 0 saturated heterocycles. The van der Waals surface area contributed by atoms with Crippen LogP contribution < -0.4 is 0 Å². The molecular weight excluding hydrogens is 420 g/mol. The fourth-order valence-electron chi connectivity index (χ4n) is 2.89. The van der Waals surface area contributed by atoms with Gasteiger partial charge >= 0.3 is 0 Å². The third-order valence-corrected chi connectivity index (χ3v) is 5.64. The summed E-state index contributed by atoms with van der Waals surface area (Å²) in [4.78, 5) is 14.9. The van der Waals surface area contributed by atoms with E-state index >= 15 is 0 Å². The first-order chi connectivity index (χ1) is 14.5. The Morgan fingerprint density at radius 3 is 2.23 bits per heavy atom. The molecule has 1 N–H and O–H groups in total. The highest BCUT2D eigenvalue weighted by molar-refractivity contribution is 7.15. The number of rotatable bonds is 1. The van der Waals surface area contributed by atoms with Gasteiger partial charge in [-0.2, -0.15) is 0 Å². The van der Waals surface area contributed by atoms with Crippen molar-refractivity contribution in [2.75, 3.05) is 7.11 Å². The Hall–Kier alpha value is -2.35. The molecule has 0 spiro atoms. The maximum Gasteiger partial charge on any atom is 0.160 e. The van der Waals surface area contributed by atoms with Gasteiger partial charge in [-0.05, 0) is 45.4 Å². The number of aromatic nitrogens is 3.